The van der Waals surface area contributed by atoms with E-state index in [1.807, 2.05) is 19.1 Å². The molecule has 2 aromatic rings. The number of carbonyl (C=O) groups is 1. The van der Waals surface area contributed by atoms with E-state index in [1.54, 1.807) is 36.4 Å². The van der Waals surface area contributed by atoms with Crippen LogP contribution in [0.4, 0.5) is 5.69 Å². The highest BCUT2D eigenvalue weighted by Crippen LogP contribution is 2.23. The second-order valence-electron chi connectivity index (χ2n) is 4.54. The standard InChI is InChI=1S/C17H17ClN2O3/c1-2-22-16-6-4-3-5-15(16)20-17(21)12-23-19-11-13-7-9-14(18)10-8-13/h3-11H,2,12H2,1H3,(H,20,21)/b19-11-. The van der Waals surface area contributed by atoms with E-state index in [9.17, 15) is 4.79 Å². The molecule has 0 spiro atoms. The van der Waals surface area contributed by atoms with Crippen LogP contribution in [0.25, 0.3) is 0 Å². The zero-order valence-corrected chi connectivity index (χ0v) is 13.4. The number of nitrogens with zero attached hydrogens (tertiary/aromatic N) is 1. The van der Waals surface area contributed by atoms with Gasteiger partial charge in [-0.15, -0.1) is 0 Å². The third kappa shape index (κ3) is 5.64. The van der Waals surface area contributed by atoms with Gasteiger partial charge in [0.15, 0.2) is 6.61 Å². The zero-order valence-electron chi connectivity index (χ0n) is 12.7. The molecule has 0 saturated heterocycles. The molecule has 2 rings (SSSR count). The van der Waals surface area contributed by atoms with Gasteiger partial charge in [0, 0.05) is 5.02 Å². The van der Waals surface area contributed by atoms with Gasteiger partial charge in [0.2, 0.25) is 0 Å². The van der Waals surface area contributed by atoms with Gasteiger partial charge in [-0.2, -0.15) is 0 Å². The molecular weight excluding hydrogens is 316 g/mol. The van der Waals surface area contributed by atoms with Crippen LogP contribution in [0.2, 0.25) is 5.02 Å². The van der Waals surface area contributed by atoms with Crippen molar-refractivity contribution in [1.29, 1.82) is 0 Å². The summed E-state index contributed by atoms with van der Waals surface area (Å²) in [5.41, 5.74) is 1.43. The first-order valence-electron chi connectivity index (χ1n) is 7.11. The lowest BCUT2D eigenvalue weighted by Crippen LogP contribution is -2.17. The molecule has 0 aliphatic carbocycles. The Kier molecular flexibility index (Phi) is 6.44. The third-order valence-electron chi connectivity index (χ3n) is 2.80. The number of para-hydroxylation sites is 2. The Bertz CT molecular complexity index is 672. The van der Waals surface area contributed by atoms with Gasteiger partial charge >= 0.3 is 0 Å². The van der Waals surface area contributed by atoms with Crippen LogP contribution in [-0.4, -0.2) is 25.3 Å². The maximum atomic E-state index is 11.8. The van der Waals surface area contributed by atoms with E-state index in [4.69, 9.17) is 21.2 Å². The fourth-order valence-corrected chi connectivity index (χ4v) is 1.91. The molecule has 0 radical (unpaired) electrons. The van der Waals surface area contributed by atoms with Crippen LogP contribution < -0.4 is 10.1 Å². The predicted octanol–water partition coefficient (Wildman–Crippen LogP) is 3.73. The zero-order chi connectivity index (χ0) is 16.5. The first kappa shape index (κ1) is 16.8. The highest BCUT2D eigenvalue weighted by atomic mass is 35.5. The summed E-state index contributed by atoms with van der Waals surface area (Å²) in [4.78, 5) is 16.8. The molecule has 1 N–H and O–H groups in total. The minimum Gasteiger partial charge on any atom is -0.492 e. The summed E-state index contributed by atoms with van der Waals surface area (Å²) < 4.78 is 5.44. The smallest absolute Gasteiger partial charge is 0.265 e. The van der Waals surface area contributed by atoms with Gasteiger partial charge in [0.05, 0.1) is 18.5 Å². The topological polar surface area (TPSA) is 59.9 Å². The number of ether oxygens (including phenoxy) is 1. The van der Waals surface area contributed by atoms with E-state index >= 15 is 0 Å². The van der Waals surface area contributed by atoms with Crippen LogP contribution in [-0.2, 0) is 9.63 Å². The molecule has 0 aliphatic heterocycles. The van der Waals surface area contributed by atoms with Crippen LogP contribution >= 0.6 is 11.6 Å². The van der Waals surface area contributed by atoms with Crippen molar-refractivity contribution < 1.29 is 14.4 Å². The van der Waals surface area contributed by atoms with Crippen molar-refractivity contribution in [2.45, 2.75) is 6.92 Å². The fraction of sp³-hybridized carbons (Fsp3) is 0.176. The molecule has 0 saturated carbocycles. The van der Waals surface area contributed by atoms with Crippen molar-refractivity contribution in [3.8, 4) is 5.75 Å². The van der Waals surface area contributed by atoms with Crippen LogP contribution in [0.5, 0.6) is 5.75 Å². The second-order valence-corrected chi connectivity index (χ2v) is 4.97. The number of amides is 1. The number of hydrogen-bond acceptors (Lipinski definition) is 4. The molecule has 23 heavy (non-hydrogen) atoms. The maximum Gasteiger partial charge on any atom is 0.265 e. The summed E-state index contributed by atoms with van der Waals surface area (Å²) in [6.07, 6.45) is 1.51. The lowest BCUT2D eigenvalue weighted by molar-refractivity contribution is -0.120. The molecule has 0 aliphatic rings. The third-order valence-corrected chi connectivity index (χ3v) is 3.05. The number of benzene rings is 2. The van der Waals surface area contributed by atoms with Crippen molar-refractivity contribution in [2.75, 3.05) is 18.5 Å². The number of anilines is 1. The monoisotopic (exact) mass is 332 g/mol. The Labute approximate surface area is 139 Å². The average molecular weight is 333 g/mol. The van der Waals surface area contributed by atoms with Crippen molar-refractivity contribution >= 4 is 29.4 Å². The van der Waals surface area contributed by atoms with Crippen molar-refractivity contribution in [3.05, 3.63) is 59.1 Å². The molecule has 5 nitrogen and oxygen atoms in total. The molecule has 0 aromatic heterocycles. The normalized spacial score (nSPS) is 10.5. The van der Waals surface area contributed by atoms with Crippen molar-refractivity contribution in [2.24, 2.45) is 5.16 Å². The largest absolute Gasteiger partial charge is 0.492 e. The SMILES string of the molecule is CCOc1ccccc1NC(=O)CO/N=C\c1ccc(Cl)cc1. The highest BCUT2D eigenvalue weighted by Gasteiger charge is 2.07. The average Bonchev–Trinajstić information content (AvgIpc) is 2.55. The van der Waals surface area contributed by atoms with Gasteiger partial charge in [-0.25, -0.2) is 0 Å². The molecule has 6 heteroatoms. The number of carbonyl (C=O) groups excluding carboxylic acids is 1. The van der Waals surface area contributed by atoms with Gasteiger partial charge in [-0.3, -0.25) is 4.79 Å². The molecule has 0 atom stereocenters. The fourth-order valence-electron chi connectivity index (χ4n) is 1.78. The lowest BCUT2D eigenvalue weighted by atomic mass is 10.2. The Balaban J connectivity index is 1.82. The van der Waals surface area contributed by atoms with E-state index in [0.717, 1.165) is 5.56 Å². The summed E-state index contributed by atoms with van der Waals surface area (Å²) in [6, 6.07) is 14.3. The van der Waals surface area contributed by atoms with Gasteiger partial charge in [0.1, 0.15) is 5.75 Å². The minimum atomic E-state index is -0.314. The molecule has 0 unspecified atom stereocenters. The molecule has 1 amide bonds. The van der Waals surface area contributed by atoms with Gasteiger partial charge < -0.3 is 14.9 Å². The first-order chi connectivity index (χ1) is 11.2. The minimum absolute atomic E-state index is 0.190. The molecule has 0 heterocycles. The Hall–Kier alpha value is -2.53. The lowest BCUT2D eigenvalue weighted by Gasteiger charge is -2.10. The number of nitrogens with one attached hydrogen (secondary N) is 1. The summed E-state index contributed by atoms with van der Waals surface area (Å²) >= 11 is 5.79. The predicted molar refractivity (Wildman–Crippen MR) is 91.2 cm³/mol. The van der Waals surface area contributed by atoms with E-state index in [0.29, 0.717) is 23.1 Å². The van der Waals surface area contributed by atoms with Gasteiger partial charge in [0.25, 0.3) is 5.91 Å². The Morgan fingerprint density at radius 1 is 1.22 bits per heavy atom. The Morgan fingerprint density at radius 2 is 1.96 bits per heavy atom. The van der Waals surface area contributed by atoms with Crippen LogP contribution in [0.3, 0.4) is 0 Å². The van der Waals surface area contributed by atoms with E-state index < -0.39 is 0 Å². The van der Waals surface area contributed by atoms with E-state index in [2.05, 4.69) is 10.5 Å². The van der Waals surface area contributed by atoms with Crippen LogP contribution in [0.15, 0.2) is 53.7 Å². The number of oxime groups is 1. The second kappa shape index (κ2) is 8.80. The summed E-state index contributed by atoms with van der Waals surface area (Å²) in [7, 11) is 0. The van der Waals surface area contributed by atoms with Crippen LogP contribution in [0, 0.1) is 0 Å². The van der Waals surface area contributed by atoms with Gasteiger partial charge in [-0.1, -0.05) is 41.0 Å². The van der Waals surface area contributed by atoms with Gasteiger partial charge in [-0.05, 0) is 36.8 Å². The van der Waals surface area contributed by atoms with E-state index in [-0.39, 0.29) is 12.5 Å². The quantitative estimate of drug-likeness (QED) is 0.621. The highest BCUT2D eigenvalue weighted by molar-refractivity contribution is 6.30. The molecular formula is C17H17ClN2O3. The molecule has 0 bridgehead atoms. The molecule has 0 fully saturated rings. The number of rotatable bonds is 7. The number of halogens is 1. The molecule has 2 aromatic carbocycles. The maximum absolute atomic E-state index is 11.8. The van der Waals surface area contributed by atoms with E-state index in [1.165, 1.54) is 6.21 Å². The van der Waals surface area contributed by atoms with Crippen molar-refractivity contribution in [3.63, 3.8) is 0 Å². The first-order valence-corrected chi connectivity index (χ1v) is 7.49. The summed E-state index contributed by atoms with van der Waals surface area (Å²) in [5.74, 6) is 0.304. The Morgan fingerprint density at radius 3 is 2.70 bits per heavy atom. The van der Waals surface area contributed by atoms with Crippen molar-refractivity contribution in [1.82, 2.24) is 0 Å². The summed E-state index contributed by atoms with van der Waals surface area (Å²) in [6.45, 7) is 2.21. The number of hydrogen-bond donors (Lipinski definition) is 1. The molecule has 120 valence electrons. The van der Waals surface area contributed by atoms with Crippen LogP contribution in [0.1, 0.15) is 12.5 Å². The summed E-state index contributed by atoms with van der Waals surface area (Å²) in [5, 5.41) is 7.12.